The van der Waals surface area contributed by atoms with Crippen LogP contribution in [0.2, 0.25) is 0 Å². The number of likely N-dealkylation sites (tertiary alicyclic amines) is 1. The minimum absolute atomic E-state index is 0.0777. The Bertz CT molecular complexity index is 1200. The molecule has 7 nitrogen and oxygen atoms in total. The molecule has 12 heteroatoms. The Morgan fingerprint density at radius 1 is 1.13 bits per heavy atom. The summed E-state index contributed by atoms with van der Waals surface area (Å²) in [6.45, 7) is 2.84. The first-order valence-corrected chi connectivity index (χ1v) is 13.3. The van der Waals surface area contributed by atoms with E-state index in [1.54, 1.807) is 16.7 Å². The number of carbonyl (C=O) groups excluding carboxylic acids is 1. The molecule has 3 aliphatic rings. The van der Waals surface area contributed by atoms with E-state index in [2.05, 4.69) is 15.3 Å². The predicted molar refractivity (Wildman–Crippen MR) is 134 cm³/mol. The number of benzene rings is 1. The third kappa shape index (κ3) is 6.01. The van der Waals surface area contributed by atoms with E-state index < -0.39 is 24.6 Å². The first-order chi connectivity index (χ1) is 18.6. The van der Waals surface area contributed by atoms with Gasteiger partial charge in [-0.25, -0.2) is 18.7 Å². The molecule has 2 atom stereocenters. The van der Waals surface area contributed by atoms with Gasteiger partial charge in [-0.05, 0) is 55.9 Å². The minimum Gasteiger partial charge on any atom is -0.378 e. The molecule has 0 aliphatic carbocycles. The fraction of sp³-hybridized carbons (Fsp3) is 0.593. The zero-order valence-corrected chi connectivity index (χ0v) is 21.7. The molecule has 3 aliphatic heterocycles. The van der Waals surface area contributed by atoms with Gasteiger partial charge in [0.1, 0.15) is 24.4 Å². The molecule has 0 spiro atoms. The van der Waals surface area contributed by atoms with E-state index in [-0.39, 0.29) is 42.7 Å². The molecule has 5 rings (SSSR count). The number of alkyl halides is 5. The number of ether oxygens (including phenoxy) is 1. The summed E-state index contributed by atoms with van der Waals surface area (Å²) in [5.74, 6) is -0.122. The lowest BCUT2D eigenvalue weighted by molar-refractivity contribution is -0.137. The smallest absolute Gasteiger partial charge is 0.378 e. The number of fused-ring (bicyclic) bond motifs is 1. The largest absolute Gasteiger partial charge is 0.416 e. The molecule has 1 amide bonds. The summed E-state index contributed by atoms with van der Waals surface area (Å²) in [5, 5.41) is 3.36. The van der Waals surface area contributed by atoms with Crippen LogP contribution in [-0.4, -0.2) is 71.9 Å². The van der Waals surface area contributed by atoms with Gasteiger partial charge in [-0.1, -0.05) is 6.07 Å². The predicted octanol–water partition coefficient (Wildman–Crippen LogP) is 4.16. The van der Waals surface area contributed by atoms with E-state index in [4.69, 9.17) is 4.74 Å². The standard InChI is InChI=1S/C27H32F5N5O2/c1-16-24(26(38)36-9-5-20(6-10-36)33-22-7-11-39-15-21(22)29)34-23(13-28)35-25(16)37-8-4-17-2-3-19(27(30,31)32)12-18(17)14-37/h2-3,12,20-22,33H,4-11,13-15H2,1H3/t21-,22-/m0/s1. The third-order valence-corrected chi connectivity index (χ3v) is 7.85. The molecule has 0 bridgehead atoms. The average Bonchev–Trinajstić information content (AvgIpc) is 2.93. The van der Waals surface area contributed by atoms with Gasteiger partial charge in [0, 0.05) is 50.4 Å². The maximum Gasteiger partial charge on any atom is 0.416 e. The van der Waals surface area contributed by atoms with Crippen LogP contribution in [0.3, 0.4) is 0 Å². The van der Waals surface area contributed by atoms with Crippen molar-refractivity contribution >= 4 is 11.7 Å². The Morgan fingerprint density at radius 3 is 2.59 bits per heavy atom. The SMILES string of the molecule is Cc1c(C(=O)N2CCC(N[C@H]3CCOC[C@@H]3F)CC2)nc(CF)nc1N1CCc2ccc(C(F)(F)F)cc2C1. The summed E-state index contributed by atoms with van der Waals surface area (Å²) in [4.78, 5) is 25.5. The van der Waals surface area contributed by atoms with Gasteiger partial charge in [0.05, 0.1) is 12.2 Å². The van der Waals surface area contributed by atoms with Crippen molar-refractivity contribution < 1.29 is 31.5 Å². The van der Waals surface area contributed by atoms with Gasteiger partial charge in [0.25, 0.3) is 5.91 Å². The Kier molecular flexibility index (Phi) is 8.04. The Balaban J connectivity index is 1.31. The molecule has 4 heterocycles. The number of anilines is 1. The Morgan fingerprint density at radius 2 is 1.90 bits per heavy atom. The van der Waals surface area contributed by atoms with Gasteiger partial charge in [0.15, 0.2) is 5.82 Å². The van der Waals surface area contributed by atoms with Crippen LogP contribution in [0.25, 0.3) is 0 Å². The van der Waals surface area contributed by atoms with Crippen molar-refractivity contribution in [2.75, 3.05) is 37.7 Å². The summed E-state index contributed by atoms with van der Waals surface area (Å²) in [5.41, 5.74) is 1.19. The maximum atomic E-state index is 14.1. The van der Waals surface area contributed by atoms with Crippen molar-refractivity contribution in [3.8, 4) is 0 Å². The summed E-state index contributed by atoms with van der Waals surface area (Å²) in [6, 6.07) is 3.55. The van der Waals surface area contributed by atoms with E-state index in [1.807, 2.05) is 0 Å². The van der Waals surface area contributed by atoms with E-state index in [9.17, 15) is 26.7 Å². The van der Waals surface area contributed by atoms with E-state index in [0.717, 1.165) is 17.7 Å². The lowest BCUT2D eigenvalue weighted by Crippen LogP contribution is -2.52. The van der Waals surface area contributed by atoms with Crippen LogP contribution in [0.4, 0.5) is 27.8 Å². The molecule has 2 saturated heterocycles. The van der Waals surface area contributed by atoms with Crippen molar-refractivity contribution in [2.24, 2.45) is 0 Å². The van der Waals surface area contributed by atoms with Crippen LogP contribution in [0.5, 0.6) is 0 Å². The number of aromatic nitrogens is 2. The highest BCUT2D eigenvalue weighted by atomic mass is 19.4. The van der Waals surface area contributed by atoms with Crippen LogP contribution in [-0.2, 0) is 30.6 Å². The summed E-state index contributed by atoms with van der Waals surface area (Å²) < 4.78 is 72.9. The van der Waals surface area contributed by atoms with Crippen LogP contribution in [0.1, 0.15) is 57.8 Å². The number of hydrogen-bond donors (Lipinski definition) is 1. The van der Waals surface area contributed by atoms with Gasteiger partial charge in [0.2, 0.25) is 0 Å². The number of nitrogens with one attached hydrogen (secondary N) is 1. The molecule has 1 aromatic heterocycles. The lowest BCUT2D eigenvalue weighted by atomic mass is 9.96. The molecule has 0 radical (unpaired) electrons. The monoisotopic (exact) mass is 553 g/mol. The molecule has 0 unspecified atom stereocenters. The van der Waals surface area contributed by atoms with Crippen molar-refractivity contribution in [2.45, 2.75) is 70.3 Å². The van der Waals surface area contributed by atoms with Crippen LogP contribution >= 0.6 is 0 Å². The number of carbonyl (C=O) groups is 1. The molecule has 0 saturated carbocycles. The number of nitrogens with zero attached hydrogens (tertiary/aromatic N) is 4. The summed E-state index contributed by atoms with van der Waals surface area (Å²) in [7, 11) is 0. The van der Waals surface area contributed by atoms with Gasteiger partial charge in [-0.3, -0.25) is 4.79 Å². The Hall–Kier alpha value is -2.86. The highest BCUT2D eigenvalue weighted by molar-refractivity contribution is 5.95. The van der Waals surface area contributed by atoms with Gasteiger partial charge in [-0.2, -0.15) is 13.2 Å². The van der Waals surface area contributed by atoms with E-state index >= 15 is 0 Å². The second kappa shape index (κ2) is 11.3. The highest BCUT2D eigenvalue weighted by Crippen LogP contribution is 2.34. The third-order valence-electron chi connectivity index (χ3n) is 7.85. The first-order valence-electron chi connectivity index (χ1n) is 13.3. The van der Waals surface area contributed by atoms with Crippen LogP contribution in [0, 0.1) is 6.92 Å². The molecule has 39 heavy (non-hydrogen) atoms. The minimum atomic E-state index is -4.45. The van der Waals surface area contributed by atoms with Crippen LogP contribution in [0.15, 0.2) is 18.2 Å². The number of hydrogen-bond acceptors (Lipinski definition) is 6. The van der Waals surface area contributed by atoms with Gasteiger partial charge in [-0.15, -0.1) is 0 Å². The average molecular weight is 554 g/mol. The quantitative estimate of drug-likeness (QED) is 0.561. The fourth-order valence-corrected chi connectivity index (χ4v) is 5.63. The van der Waals surface area contributed by atoms with Crippen molar-refractivity contribution in [3.63, 3.8) is 0 Å². The second-order valence-corrected chi connectivity index (χ2v) is 10.4. The molecule has 2 fully saturated rings. The Labute approximate surface area is 223 Å². The number of rotatable bonds is 5. The number of piperidine rings is 1. The van der Waals surface area contributed by atoms with Crippen molar-refractivity contribution in [3.05, 3.63) is 52.0 Å². The summed E-state index contributed by atoms with van der Waals surface area (Å²) >= 11 is 0. The molecule has 212 valence electrons. The molecule has 1 aromatic carbocycles. The van der Waals surface area contributed by atoms with E-state index in [1.165, 1.54) is 6.07 Å². The number of amides is 1. The molecular weight excluding hydrogens is 521 g/mol. The zero-order chi connectivity index (χ0) is 27.7. The number of halogens is 5. The van der Waals surface area contributed by atoms with Crippen molar-refractivity contribution in [1.29, 1.82) is 0 Å². The normalized spacial score (nSPS) is 22.6. The first kappa shape index (κ1) is 27.7. The van der Waals surface area contributed by atoms with Crippen LogP contribution < -0.4 is 10.2 Å². The van der Waals surface area contributed by atoms with Crippen molar-refractivity contribution in [1.82, 2.24) is 20.2 Å². The molecule has 2 aromatic rings. The van der Waals surface area contributed by atoms with Gasteiger partial charge >= 0.3 is 6.18 Å². The molecule has 1 N–H and O–H groups in total. The topological polar surface area (TPSA) is 70.6 Å². The maximum absolute atomic E-state index is 14.1. The molecular formula is C27H32F5N5O2. The van der Waals surface area contributed by atoms with E-state index in [0.29, 0.717) is 68.9 Å². The highest BCUT2D eigenvalue weighted by Gasteiger charge is 2.34. The fourth-order valence-electron chi connectivity index (χ4n) is 5.63. The zero-order valence-electron chi connectivity index (χ0n) is 21.7. The van der Waals surface area contributed by atoms with Gasteiger partial charge < -0.3 is 19.9 Å². The second-order valence-electron chi connectivity index (χ2n) is 10.4. The summed E-state index contributed by atoms with van der Waals surface area (Å²) in [6.07, 6.45) is -3.11. The lowest BCUT2D eigenvalue weighted by Gasteiger charge is -2.37.